The summed E-state index contributed by atoms with van der Waals surface area (Å²) in [6.07, 6.45) is -0.147. The van der Waals surface area contributed by atoms with Crippen molar-refractivity contribution >= 4 is 23.5 Å². The van der Waals surface area contributed by atoms with Crippen LogP contribution in [-0.4, -0.2) is 22.9 Å². The maximum Gasteiger partial charge on any atom is 0.309 e. The second-order valence-electron chi connectivity index (χ2n) is 5.21. The molecule has 0 aromatic heterocycles. The smallest absolute Gasteiger partial charge is 0.309 e. The molecule has 4 N–H and O–H groups in total. The molecule has 0 atom stereocenters. The first-order valence-electron chi connectivity index (χ1n) is 6.12. The van der Waals surface area contributed by atoms with Crippen LogP contribution in [0, 0.1) is 5.41 Å². The number of amides is 2. The fourth-order valence-electron chi connectivity index (χ4n) is 1.66. The lowest BCUT2D eigenvalue weighted by Gasteiger charge is -2.18. The largest absolute Gasteiger partial charge is 0.481 e. The first-order chi connectivity index (χ1) is 9.22. The second-order valence-corrected chi connectivity index (χ2v) is 5.21. The summed E-state index contributed by atoms with van der Waals surface area (Å²) in [5, 5.41) is 11.6. The summed E-state index contributed by atoms with van der Waals surface area (Å²) in [7, 11) is 0. The van der Waals surface area contributed by atoms with Crippen molar-refractivity contribution in [1.82, 2.24) is 0 Å². The van der Waals surface area contributed by atoms with E-state index >= 15 is 0 Å². The number of nitrogens with two attached hydrogens (primary N) is 1. The van der Waals surface area contributed by atoms with Crippen molar-refractivity contribution in [2.75, 3.05) is 5.32 Å². The number of carboxylic acids is 1. The van der Waals surface area contributed by atoms with Crippen molar-refractivity contribution in [1.29, 1.82) is 0 Å². The topological polar surface area (TPSA) is 109 Å². The number of aliphatic carboxylic acids is 1. The lowest BCUT2D eigenvalue weighted by atomic mass is 9.89. The molecule has 0 aliphatic rings. The van der Waals surface area contributed by atoms with Crippen LogP contribution in [0.25, 0.3) is 0 Å². The van der Waals surface area contributed by atoms with Crippen molar-refractivity contribution in [3.05, 3.63) is 29.8 Å². The van der Waals surface area contributed by atoms with Crippen molar-refractivity contribution in [2.45, 2.75) is 26.7 Å². The summed E-state index contributed by atoms with van der Waals surface area (Å²) in [4.78, 5) is 33.8. The van der Waals surface area contributed by atoms with Gasteiger partial charge in [0.1, 0.15) is 0 Å². The minimum absolute atomic E-state index is 0.0127. The minimum Gasteiger partial charge on any atom is -0.481 e. The fraction of sp³-hybridized carbons (Fsp3) is 0.357. The monoisotopic (exact) mass is 278 g/mol. The average molecular weight is 278 g/mol. The molecular weight excluding hydrogens is 260 g/mol. The van der Waals surface area contributed by atoms with Gasteiger partial charge in [-0.05, 0) is 25.5 Å². The van der Waals surface area contributed by atoms with Gasteiger partial charge in [-0.1, -0.05) is 18.2 Å². The molecule has 0 unspecified atom stereocenters. The van der Waals surface area contributed by atoms with Crippen LogP contribution in [-0.2, 0) is 20.8 Å². The number of carbonyl (C=O) groups excluding carboxylic acids is 2. The van der Waals surface area contributed by atoms with Gasteiger partial charge in [0.25, 0.3) is 0 Å². The van der Waals surface area contributed by atoms with Gasteiger partial charge in [0.2, 0.25) is 11.8 Å². The van der Waals surface area contributed by atoms with Gasteiger partial charge in [-0.15, -0.1) is 0 Å². The maximum atomic E-state index is 11.9. The van der Waals surface area contributed by atoms with E-state index in [1.54, 1.807) is 24.3 Å². The predicted molar refractivity (Wildman–Crippen MR) is 74.0 cm³/mol. The quantitative estimate of drug-likeness (QED) is 0.725. The molecule has 0 saturated carbocycles. The molecule has 1 rings (SSSR count). The molecular formula is C14H18N2O4. The van der Waals surface area contributed by atoms with Crippen molar-refractivity contribution in [2.24, 2.45) is 11.1 Å². The van der Waals surface area contributed by atoms with Crippen molar-refractivity contribution in [3.8, 4) is 0 Å². The number of rotatable bonds is 6. The molecule has 20 heavy (non-hydrogen) atoms. The molecule has 6 nitrogen and oxygen atoms in total. The second kappa shape index (κ2) is 6.18. The van der Waals surface area contributed by atoms with E-state index in [9.17, 15) is 14.4 Å². The van der Waals surface area contributed by atoms with Gasteiger partial charge >= 0.3 is 5.97 Å². The molecule has 0 bridgehead atoms. The van der Waals surface area contributed by atoms with Gasteiger partial charge in [0.05, 0.1) is 11.8 Å². The number of nitrogens with one attached hydrogen (secondary N) is 1. The highest BCUT2D eigenvalue weighted by Gasteiger charge is 2.30. The Morgan fingerprint density at radius 2 is 1.85 bits per heavy atom. The summed E-state index contributed by atoms with van der Waals surface area (Å²) in [6.45, 7) is 2.95. The summed E-state index contributed by atoms with van der Waals surface area (Å²) in [5.74, 6) is -1.97. The molecule has 0 aliphatic heterocycles. The van der Waals surface area contributed by atoms with Crippen LogP contribution >= 0.6 is 0 Å². The molecule has 0 heterocycles. The van der Waals surface area contributed by atoms with E-state index in [1.165, 1.54) is 13.8 Å². The Kier molecular flexibility index (Phi) is 4.85. The lowest BCUT2D eigenvalue weighted by molar-refractivity contribution is -0.148. The highest BCUT2D eigenvalue weighted by Crippen LogP contribution is 2.22. The third kappa shape index (κ3) is 4.38. The molecule has 0 saturated heterocycles. The van der Waals surface area contributed by atoms with E-state index in [0.29, 0.717) is 11.3 Å². The third-order valence-electron chi connectivity index (χ3n) is 2.84. The molecule has 0 fully saturated rings. The molecule has 0 spiro atoms. The van der Waals surface area contributed by atoms with E-state index < -0.39 is 23.2 Å². The Bertz CT molecular complexity index is 538. The highest BCUT2D eigenvalue weighted by molar-refractivity contribution is 5.95. The Hall–Kier alpha value is -2.37. The van der Waals surface area contributed by atoms with Crippen LogP contribution in [0.1, 0.15) is 25.8 Å². The molecule has 2 amide bonds. The Balaban J connectivity index is 2.81. The number of anilines is 1. The zero-order chi connectivity index (χ0) is 15.3. The third-order valence-corrected chi connectivity index (χ3v) is 2.84. The SMILES string of the molecule is CC(C)(CC(=O)Nc1ccccc1CC(N)=O)C(=O)O. The Labute approximate surface area is 117 Å². The van der Waals surface area contributed by atoms with Gasteiger partial charge in [-0.3, -0.25) is 14.4 Å². The summed E-state index contributed by atoms with van der Waals surface area (Å²) in [6, 6.07) is 6.77. The van der Waals surface area contributed by atoms with Gasteiger partial charge < -0.3 is 16.2 Å². The van der Waals surface area contributed by atoms with E-state index in [4.69, 9.17) is 10.8 Å². The minimum atomic E-state index is -1.15. The van der Waals surface area contributed by atoms with Crippen molar-refractivity contribution in [3.63, 3.8) is 0 Å². The van der Waals surface area contributed by atoms with E-state index in [2.05, 4.69) is 5.32 Å². The van der Waals surface area contributed by atoms with Crippen molar-refractivity contribution < 1.29 is 19.5 Å². The first kappa shape index (κ1) is 15.7. The van der Waals surface area contributed by atoms with E-state index in [1.807, 2.05) is 0 Å². The summed E-state index contributed by atoms with van der Waals surface area (Å²) < 4.78 is 0. The fourth-order valence-corrected chi connectivity index (χ4v) is 1.66. The molecule has 108 valence electrons. The Morgan fingerprint density at radius 1 is 1.25 bits per heavy atom. The van der Waals surface area contributed by atoms with Crippen LogP contribution in [0.2, 0.25) is 0 Å². The van der Waals surface area contributed by atoms with E-state index in [0.717, 1.165) is 0 Å². The van der Waals surface area contributed by atoms with Crippen LogP contribution in [0.4, 0.5) is 5.69 Å². The van der Waals surface area contributed by atoms with Gasteiger partial charge in [0.15, 0.2) is 0 Å². The number of para-hydroxylation sites is 1. The summed E-state index contributed by atoms with van der Waals surface area (Å²) in [5.41, 5.74) is 5.05. The standard InChI is InChI=1S/C14H18N2O4/c1-14(2,13(19)20)8-12(18)16-10-6-4-3-5-9(10)7-11(15)17/h3-6H,7-8H2,1-2H3,(H2,15,17)(H,16,18)(H,19,20). The molecule has 6 heteroatoms. The van der Waals surface area contributed by atoms with Gasteiger partial charge in [-0.25, -0.2) is 0 Å². The zero-order valence-corrected chi connectivity index (χ0v) is 11.5. The molecule has 1 aromatic carbocycles. The van der Waals surface area contributed by atoms with Crippen LogP contribution in [0.15, 0.2) is 24.3 Å². The summed E-state index contributed by atoms with van der Waals surface area (Å²) >= 11 is 0. The first-order valence-corrected chi connectivity index (χ1v) is 6.12. The number of hydrogen-bond acceptors (Lipinski definition) is 3. The van der Waals surface area contributed by atoms with Crippen LogP contribution < -0.4 is 11.1 Å². The van der Waals surface area contributed by atoms with Crippen LogP contribution in [0.3, 0.4) is 0 Å². The number of carbonyl (C=O) groups is 3. The predicted octanol–water partition coefficient (Wildman–Crippen LogP) is 1.15. The molecule has 1 aromatic rings. The van der Waals surface area contributed by atoms with Gasteiger partial charge in [-0.2, -0.15) is 0 Å². The highest BCUT2D eigenvalue weighted by atomic mass is 16.4. The number of carboxylic acid groups (broad SMARTS) is 1. The number of hydrogen-bond donors (Lipinski definition) is 3. The normalized spacial score (nSPS) is 10.9. The Morgan fingerprint density at radius 3 is 2.40 bits per heavy atom. The maximum absolute atomic E-state index is 11.9. The molecule has 0 radical (unpaired) electrons. The van der Waals surface area contributed by atoms with Gasteiger partial charge in [0, 0.05) is 12.1 Å². The molecule has 0 aliphatic carbocycles. The number of primary amides is 1. The zero-order valence-electron chi connectivity index (χ0n) is 11.5. The van der Waals surface area contributed by atoms with E-state index in [-0.39, 0.29) is 12.8 Å². The lowest BCUT2D eigenvalue weighted by Crippen LogP contribution is -2.29. The number of benzene rings is 1. The van der Waals surface area contributed by atoms with Crippen LogP contribution in [0.5, 0.6) is 0 Å². The average Bonchev–Trinajstić information content (AvgIpc) is 2.30.